The van der Waals surface area contributed by atoms with Gasteiger partial charge in [0.2, 0.25) is 10.0 Å². The minimum Gasteiger partial charge on any atom is -0.284 e. The number of rotatable bonds is 6. The number of nitrogens with one attached hydrogen (secondary N) is 1. The van der Waals surface area contributed by atoms with Crippen LogP contribution in [0, 0.1) is 11.8 Å². The summed E-state index contributed by atoms with van der Waals surface area (Å²) in [4.78, 5) is 0.235. The summed E-state index contributed by atoms with van der Waals surface area (Å²) in [5.41, 5.74) is 0. The van der Waals surface area contributed by atoms with Crippen molar-refractivity contribution < 1.29 is 8.42 Å². The zero-order chi connectivity index (χ0) is 13.1. The van der Waals surface area contributed by atoms with Gasteiger partial charge < -0.3 is 0 Å². The van der Waals surface area contributed by atoms with Crippen molar-refractivity contribution >= 4 is 10.0 Å². The highest BCUT2D eigenvalue weighted by Crippen LogP contribution is 2.17. The molecule has 1 heterocycles. The van der Waals surface area contributed by atoms with Gasteiger partial charge in [0.05, 0.1) is 6.20 Å². The van der Waals surface area contributed by atoms with Gasteiger partial charge in [0.25, 0.3) is 0 Å². The summed E-state index contributed by atoms with van der Waals surface area (Å²) in [6, 6.07) is 0. The van der Waals surface area contributed by atoms with E-state index < -0.39 is 10.0 Å². The maximum absolute atomic E-state index is 12.3. The quantitative estimate of drug-likeness (QED) is 0.845. The van der Waals surface area contributed by atoms with Crippen LogP contribution in [0.2, 0.25) is 0 Å². The van der Waals surface area contributed by atoms with E-state index in [9.17, 15) is 8.42 Å². The molecular formula is C11H21N3O2S. The third-order valence-corrected chi connectivity index (χ3v) is 4.05. The number of hydrogen-bond donors (Lipinski definition) is 1. The Balaban J connectivity index is 2.96. The Labute approximate surface area is 103 Å². The molecule has 0 aliphatic rings. The molecule has 98 valence electrons. The highest BCUT2D eigenvalue weighted by Gasteiger charge is 2.26. The molecular weight excluding hydrogens is 238 g/mol. The van der Waals surface area contributed by atoms with E-state index in [0.717, 1.165) is 0 Å². The summed E-state index contributed by atoms with van der Waals surface area (Å²) in [5, 5.41) is 6.24. The Morgan fingerprint density at radius 2 is 1.76 bits per heavy atom. The minimum atomic E-state index is -3.41. The van der Waals surface area contributed by atoms with Gasteiger partial charge in [-0.25, -0.2) is 8.42 Å². The monoisotopic (exact) mass is 259 g/mol. The molecule has 1 N–H and O–H groups in total. The normalized spacial score (nSPS) is 12.9. The third-order valence-electron chi connectivity index (χ3n) is 2.25. The smallest absolute Gasteiger partial charge is 0.246 e. The number of sulfonamides is 1. The molecule has 0 saturated carbocycles. The second kappa shape index (κ2) is 5.64. The molecule has 5 nitrogen and oxygen atoms in total. The largest absolute Gasteiger partial charge is 0.284 e. The highest BCUT2D eigenvalue weighted by molar-refractivity contribution is 7.89. The van der Waals surface area contributed by atoms with Crippen LogP contribution < -0.4 is 0 Å². The van der Waals surface area contributed by atoms with Crippen LogP contribution in [0.1, 0.15) is 27.7 Å². The standard InChI is InChI=1S/C11H21N3O2S/c1-9(2)7-14(8-10(3)4)17(15,16)11-5-12-13-6-11/h5-6,9-10H,7-8H2,1-4H3,(H,12,13). The van der Waals surface area contributed by atoms with Crippen molar-refractivity contribution in [3.05, 3.63) is 12.4 Å². The van der Waals surface area contributed by atoms with E-state index in [2.05, 4.69) is 10.2 Å². The first kappa shape index (κ1) is 14.2. The molecule has 6 heteroatoms. The summed E-state index contributed by atoms with van der Waals surface area (Å²) in [5.74, 6) is 0.603. The van der Waals surface area contributed by atoms with Crippen molar-refractivity contribution in [2.45, 2.75) is 32.6 Å². The van der Waals surface area contributed by atoms with Crippen molar-refractivity contribution in [1.29, 1.82) is 0 Å². The van der Waals surface area contributed by atoms with Crippen molar-refractivity contribution in [2.75, 3.05) is 13.1 Å². The van der Waals surface area contributed by atoms with Gasteiger partial charge in [-0.3, -0.25) is 5.10 Å². The van der Waals surface area contributed by atoms with Crippen LogP contribution in [0.3, 0.4) is 0 Å². The molecule has 0 unspecified atom stereocenters. The van der Waals surface area contributed by atoms with Crippen LogP contribution in [0.5, 0.6) is 0 Å². The molecule has 0 amide bonds. The fourth-order valence-electron chi connectivity index (χ4n) is 1.61. The minimum absolute atomic E-state index is 0.235. The molecule has 0 atom stereocenters. The van der Waals surface area contributed by atoms with Crippen LogP contribution in [0.25, 0.3) is 0 Å². The molecule has 17 heavy (non-hydrogen) atoms. The van der Waals surface area contributed by atoms with Crippen molar-refractivity contribution in [3.63, 3.8) is 0 Å². The zero-order valence-electron chi connectivity index (χ0n) is 10.8. The van der Waals surface area contributed by atoms with E-state index >= 15 is 0 Å². The van der Waals surface area contributed by atoms with E-state index in [1.165, 1.54) is 16.7 Å². The Hall–Kier alpha value is -0.880. The number of aromatic nitrogens is 2. The number of aromatic amines is 1. The van der Waals surface area contributed by atoms with Gasteiger partial charge in [0.15, 0.2) is 0 Å². The first-order valence-electron chi connectivity index (χ1n) is 5.83. The Morgan fingerprint density at radius 3 is 2.12 bits per heavy atom. The van der Waals surface area contributed by atoms with Gasteiger partial charge in [-0.1, -0.05) is 27.7 Å². The molecule has 1 rings (SSSR count). The lowest BCUT2D eigenvalue weighted by atomic mass is 10.2. The topological polar surface area (TPSA) is 66.1 Å². The van der Waals surface area contributed by atoms with Gasteiger partial charge in [-0.05, 0) is 11.8 Å². The zero-order valence-corrected chi connectivity index (χ0v) is 11.7. The maximum atomic E-state index is 12.3. The van der Waals surface area contributed by atoms with E-state index in [4.69, 9.17) is 0 Å². The Bertz CT molecular complexity index is 414. The van der Waals surface area contributed by atoms with Crippen LogP contribution >= 0.6 is 0 Å². The molecule has 0 spiro atoms. The molecule has 0 radical (unpaired) electrons. The lowest BCUT2D eigenvalue weighted by Gasteiger charge is -2.24. The lowest BCUT2D eigenvalue weighted by molar-refractivity contribution is 0.333. The summed E-state index contributed by atoms with van der Waals surface area (Å²) >= 11 is 0. The average Bonchev–Trinajstić information content (AvgIpc) is 2.68. The van der Waals surface area contributed by atoms with E-state index in [1.54, 1.807) is 0 Å². The maximum Gasteiger partial charge on any atom is 0.246 e. The number of H-pyrrole nitrogens is 1. The summed E-state index contributed by atoms with van der Waals surface area (Å²) in [6.07, 6.45) is 2.77. The Kier molecular flexibility index (Phi) is 4.70. The predicted molar refractivity (Wildman–Crippen MR) is 67.0 cm³/mol. The van der Waals surface area contributed by atoms with Crippen LogP contribution in [-0.4, -0.2) is 36.0 Å². The number of hydrogen-bond acceptors (Lipinski definition) is 3. The molecule has 0 saturated heterocycles. The average molecular weight is 259 g/mol. The second-order valence-corrected chi connectivity index (χ2v) is 6.98. The fraction of sp³-hybridized carbons (Fsp3) is 0.727. The van der Waals surface area contributed by atoms with Crippen LogP contribution in [0.4, 0.5) is 0 Å². The van der Waals surface area contributed by atoms with Crippen molar-refractivity contribution in [3.8, 4) is 0 Å². The lowest BCUT2D eigenvalue weighted by Crippen LogP contribution is -2.36. The summed E-state index contributed by atoms with van der Waals surface area (Å²) in [6.45, 7) is 9.12. The molecule has 0 aliphatic carbocycles. The van der Waals surface area contributed by atoms with E-state index in [1.807, 2.05) is 27.7 Å². The molecule has 1 aromatic rings. The third kappa shape index (κ3) is 3.81. The highest BCUT2D eigenvalue weighted by atomic mass is 32.2. The SMILES string of the molecule is CC(C)CN(CC(C)C)S(=O)(=O)c1cn[nH]c1. The second-order valence-electron chi connectivity index (χ2n) is 5.04. The van der Waals surface area contributed by atoms with Gasteiger partial charge in [-0.2, -0.15) is 9.40 Å². The molecule has 0 bridgehead atoms. The molecule has 0 fully saturated rings. The Morgan fingerprint density at radius 1 is 1.24 bits per heavy atom. The summed E-state index contributed by atoms with van der Waals surface area (Å²) in [7, 11) is -3.41. The summed E-state index contributed by atoms with van der Waals surface area (Å²) < 4.78 is 26.2. The first-order valence-corrected chi connectivity index (χ1v) is 7.27. The van der Waals surface area contributed by atoms with Crippen molar-refractivity contribution in [2.24, 2.45) is 11.8 Å². The number of nitrogens with zero attached hydrogens (tertiary/aromatic N) is 2. The molecule has 1 aromatic heterocycles. The first-order chi connectivity index (χ1) is 7.84. The molecule has 0 aliphatic heterocycles. The molecule has 0 aromatic carbocycles. The van der Waals surface area contributed by atoms with E-state index in [0.29, 0.717) is 24.9 Å². The van der Waals surface area contributed by atoms with Crippen LogP contribution in [0.15, 0.2) is 17.3 Å². The van der Waals surface area contributed by atoms with Gasteiger partial charge in [-0.15, -0.1) is 0 Å². The van der Waals surface area contributed by atoms with E-state index in [-0.39, 0.29) is 4.90 Å². The fourth-order valence-corrected chi connectivity index (χ4v) is 3.29. The van der Waals surface area contributed by atoms with Crippen LogP contribution in [-0.2, 0) is 10.0 Å². The van der Waals surface area contributed by atoms with Crippen molar-refractivity contribution in [1.82, 2.24) is 14.5 Å². The van der Waals surface area contributed by atoms with Gasteiger partial charge in [0.1, 0.15) is 4.90 Å². The predicted octanol–water partition coefficient (Wildman–Crippen LogP) is 1.71. The van der Waals surface area contributed by atoms with Gasteiger partial charge >= 0.3 is 0 Å². The van der Waals surface area contributed by atoms with Gasteiger partial charge in [0, 0.05) is 19.3 Å².